The molecule has 140 valence electrons. The molecule has 1 aromatic heterocycles. The molecule has 2 aromatic rings. The molecule has 26 heavy (non-hydrogen) atoms. The lowest BCUT2D eigenvalue weighted by atomic mass is 9.97. The summed E-state index contributed by atoms with van der Waals surface area (Å²) in [5.74, 6) is -0.401. The Bertz CT molecular complexity index is 761. The van der Waals surface area contributed by atoms with Crippen molar-refractivity contribution in [2.24, 2.45) is 5.92 Å². The summed E-state index contributed by atoms with van der Waals surface area (Å²) in [6, 6.07) is 8.94. The number of fused-ring (bicyclic) bond motifs is 1. The molecule has 0 unspecified atom stereocenters. The lowest BCUT2D eigenvalue weighted by Gasteiger charge is -2.25. The van der Waals surface area contributed by atoms with Crippen molar-refractivity contribution in [3.8, 4) is 5.75 Å². The number of ether oxygens (including phenoxy) is 1. The van der Waals surface area contributed by atoms with Crippen molar-refractivity contribution < 1.29 is 22.7 Å². The van der Waals surface area contributed by atoms with Gasteiger partial charge < -0.3 is 14.6 Å². The molecule has 9 heteroatoms. The second kappa shape index (κ2) is 7.35. The summed E-state index contributed by atoms with van der Waals surface area (Å²) in [4.78, 5) is 12.2. The predicted octanol–water partition coefficient (Wildman–Crippen LogP) is 2.49. The number of rotatable bonds is 5. The van der Waals surface area contributed by atoms with E-state index in [9.17, 15) is 18.0 Å². The van der Waals surface area contributed by atoms with Crippen molar-refractivity contribution in [1.29, 1.82) is 0 Å². The summed E-state index contributed by atoms with van der Waals surface area (Å²) in [6.45, 7) is 1.90. The van der Waals surface area contributed by atoms with Crippen molar-refractivity contribution in [3.05, 3.63) is 42.0 Å². The van der Waals surface area contributed by atoms with E-state index in [0.29, 0.717) is 17.4 Å². The molecular weight excluding hydrogens is 349 g/mol. The molecule has 0 saturated heterocycles. The molecule has 0 spiro atoms. The molecule has 0 bridgehead atoms. The van der Waals surface area contributed by atoms with Crippen LogP contribution in [-0.4, -0.2) is 33.0 Å². The average molecular weight is 368 g/mol. The fourth-order valence-corrected chi connectivity index (χ4v) is 2.87. The van der Waals surface area contributed by atoms with Gasteiger partial charge >= 0.3 is 6.18 Å². The maximum atomic E-state index is 12.8. The topological polar surface area (TPSA) is 69.0 Å². The largest absolute Gasteiger partial charge is 0.481 e. The van der Waals surface area contributed by atoms with Crippen LogP contribution < -0.4 is 10.1 Å². The van der Waals surface area contributed by atoms with Crippen LogP contribution in [-0.2, 0) is 24.3 Å². The zero-order valence-corrected chi connectivity index (χ0v) is 14.2. The van der Waals surface area contributed by atoms with Crippen molar-refractivity contribution >= 4 is 5.91 Å². The minimum absolute atomic E-state index is 0.0109. The number of para-hydroxylation sites is 1. The standard InChI is InChI=1S/C17H19F3N4O2/c1-11(26-13-5-3-2-4-6-13)16(25)21-10-15-23-22-14-9-12(17(18,19)20)7-8-24(14)15/h2-6,11-12H,7-10H2,1H3,(H,21,25)/t11-,12+/m0/s1. The Kier molecular flexibility index (Phi) is 5.15. The molecule has 0 saturated carbocycles. The maximum absolute atomic E-state index is 12.8. The number of carbonyl (C=O) groups is 1. The average Bonchev–Trinajstić information content (AvgIpc) is 3.02. The van der Waals surface area contributed by atoms with Gasteiger partial charge in [0, 0.05) is 13.0 Å². The number of carbonyl (C=O) groups excluding carboxylic acids is 1. The van der Waals surface area contributed by atoms with Crippen LogP contribution in [0.25, 0.3) is 0 Å². The summed E-state index contributed by atoms with van der Waals surface area (Å²) in [5, 5.41) is 10.4. The summed E-state index contributed by atoms with van der Waals surface area (Å²) in [6.07, 6.45) is -5.13. The first-order valence-electron chi connectivity index (χ1n) is 8.31. The number of nitrogens with zero attached hydrogens (tertiary/aromatic N) is 3. The van der Waals surface area contributed by atoms with Crippen LogP contribution in [0.5, 0.6) is 5.75 Å². The van der Waals surface area contributed by atoms with Crippen molar-refractivity contribution in [1.82, 2.24) is 20.1 Å². The van der Waals surface area contributed by atoms with Gasteiger partial charge in [-0.25, -0.2) is 0 Å². The molecule has 1 N–H and O–H groups in total. The highest BCUT2D eigenvalue weighted by molar-refractivity contribution is 5.80. The first-order valence-corrected chi connectivity index (χ1v) is 8.31. The van der Waals surface area contributed by atoms with Crippen LogP contribution >= 0.6 is 0 Å². The van der Waals surface area contributed by atoms with Gasteiger partial charge in [-0.2, -0.15) is 13.2 Å². The van der Waals surface area contributed by atoms with Crippen LogP contribution in [0.4, 0.5) is 13.2 Å². The predicted molar refractivity (Wildman–Crippen MR) is 86.3 cm³/mol. The highest BCUT2D eigenvalue weighted by atomic mass is 19.4. The van der Waals surface area contributed by atoms with E-state index in [0.717, 1.165) is 0 Å². The van der Waals surface area contributed by atoms with E-state index < -0.39 is 18.2 Å². The van der Waals surface area contributed by atoms with E-state index in [2.05, 4.69) is 15.5 Å². The normalized spacial score (nSPS) is 18.1. The zero-order chi connectivity index (χ0) is 18.7. The van der Waals surface area contributed by atoms with Crippen LogP contribution in [0.1, 0.15) is 25.0 Å². The van der Waals surface area contributed by atoms with Gasteiger partial charge in [0.25, 0.3) is 5.91 Å². The van der Waals surface area contributed by atoms with Crippen LogP contribution in [0.2, 0.25) is 0 Å². The third-order valence-electron chi connectivity index (χ3n) is 4.34. The Morgan fingerprint density at radius 3 is 2.77 bits per heavy atom. The second-order valence-electron chi connectivity index (χ2n) is 6.21. The van der Waals surface area contributed by atoms with Gasteiger partial charge in [0.2, 0.25) is 0 Å². The maximum Gasteiger partial charge on any atom is 0.392 e. The van der Waals surface area contributed by atoms with E-state index in [4.69, 9.17) is 4.74 Å². The summed E-state index contributed by atoms with van der Waals surface area (Å²) in [7, 11) is 0. The summed E-state index contributed by atoms with van der Waals surface area (Å²) in [5.41, 5.74) is 0. The van der Waals surface area contributed by atoms with E-state index >= 15 is 0 Å². The van der Waals surface area contributed by atoms with Crippen molar-refractivity contribution in [3.63, 3.8) is 0 Å². The van der Waals surface area contributed by atoms with E-state index in [1.54, 1.807) is 35.8 Å². The van der Waals surface area contributed by atoms with Gasteiger partial charge in [0.1, 0.15) is 11.6 Å². The second-order valence-corrected chi connectivity index (χ2v) is 6.21. The fraction of sp³-hybridized carbons (Fsp3) is 0.471. The SMILES string of the molecule is C[C@H](Oc1ccccc1)C(=O)NCc1nnc2n1CC[C@@H](C(F)(F)F)C2. The van der Waals surface area contributed by atoms with Gasteiger partial charge in [-0.3, -0.25) is 4.79 Å². The Balaban J connectivity index is 1.56. The van der Waals surface area contributed by atoms with Crippen LogP contribution in [0, 0.1) is 5.92 Å². The van der Waals surface area contributed by atoms with Gasteiger partial charge in [-0.05, 0) is 25.5 Å². The third kappa shape index (κ3) is 4.14. The van der Waals surface area contributed by atoms with Crippen LogP contribution in [0.15, 0.2) is 30.3 Å². The number of hydrogen-bond acceptors (Lipinski definition) is 4. The van der Waals surface area contributed by atoms with E-state index in [-0.39, 0.29) is 31.8 Å². The highest BCUT2D eigenvalue weighted by Gasteiger charge is 2.42. The Morgan fingerprint density at radius 2 is 2.08 bits per heavy atom. The lowest BCUT2D eigenvalue weighted by molar-refractivity contribution is -0.179. The van der Waals surface area contributed by atoms with Gasteiger partial charge in [-0.15, -0.1) is 10.2 Å². The molecule has 6 nitrogen and oxygen atoms in total. The lowest BCUT2D eigenvalue weighted by Crippen LogP contribution is -2.37. The molecule has 0 aliphatic carbocycles. The molecule has 1 aliphatic rings. The summed E-state index contributed by atoms with van der Waals surface area (Å²) >= 11 is 0. The molecule has 2 heterocycles. The number of aromatic nitrogens is 3. The molecule has 0 radical (unpaired) electrons. The highest BCUT2D eigenvalue weighted by Crippen LogP contribution is 2.34. The number of alkyl halides is 3. The molecular formula is C17H19F3N4O2. The first kappa shape index (κ1) is 18.2. The minimum atomic E-state index is -4.23. The van der Waals surface area contributed by atoms with Crippen molar-refractivity contribution in [2.75, 3.05) is 0 Å². The van der Waals surface area contributed by atoms with Gasteiger partial charge in [0.15, 0.2) is 11.9 Å². The Hall–Kier alpha value is -2.58. The number of nitrogens with one attached hydrogen (secondary N) is 1. The van der Waals surface area contributed by atoms with E-state index in [1.807, 2.05) is 6.07 Å². The summed E-state index contributed by atoms with van der Waals surface area (Å²) < 4.78 is 45.7. The third-order valence-corrected chi connectivity index (χ3v) is 4.34. The zero-order valence-electron chi connectivity index (χ0n) is 14.2. The van der Waals surface area contributed by atoms with Gasteiger partial charge in [0.05, 0.1) is 12.5 Å². The Labute approximate surface area is 148 Å². The number of halogens is 3. The van der Waals surface area contributed by atoms with E-state index in [1.165, 1.54) is 0 Å². The van der Waals surface area contributed by atoms with Crippen molar-refractivity contribution in [2.45, 2.75) is 45.1 Å². The monoisotopic (exact) mass is 368 g/mol. The van der Waals surface area contributed by atoms with Crippen LogP contribution in [0.3, 0.4) is 0 Å². The number of benzene rings is 1. The smallest absolute Gasteiger partial charge is 0.392 e. The molecule has 3 rings (SSSR count). The first-order chi connectivity index (χ1) is 12.3. The van der Waals surface area contributed by atoms with Gasteiger partial charge in [-0.1, -0.05) is 18.2 Å². The minimum Gasteiger partial charge on any atom is -0.481 e. The number of hydrogen-bond donors (Lipinski definition) is 1. The molecule has 1 amide bonds. The molecule has 0 fully saturated rings. The Morgan fingerprint density at radius 1 is 1.35 bits per heavy atom. The fourth-order valence-electron chi connectivity index (χ4n) is 2.87. The quantitative estimate of drug-likeness (QED) is 0.880. The number of amides is 1. The molecule has 1 aromatic carbocycles. The molecule has 2 atom stereocenters. The molecule has 1 aliphatic heterocycles.